The lowest BCUT2D eigenvalue weighted by molar-refractivity contribution is -0.115. The van der Waals surface area contributed by atoms with E-state index in [9.17, 15) is 9.59 Å². The Hall–Kier alpha value is -3.26. The first kappa shape index (κ1) is 21.4. The molecule has 7 nitrogen and oxygen atoms in total. The second kappa shape index (κ2) is 9.49. The molecule has 0 spiro atoms. The van der Waals surface area contributed by atoms with Gasteiger partial charge in [0.05, 0.1) is 25.2 Å². The standard InChI is InChI=1S/C22H23N3O4S/c1-14-5-8-17(9-6-14)25-21(26)12-11-20(24-25)30-15(2)22(27)23-16-7-10-18(28-3)19(13-16)29-4/h5-13,15H,1-4H3,(H,23,27)/t15-/m0/s1. The van der Waals surface area contributed by atoms with Crippen LogP contribution in [0, 0.1) is 6.92 Å². The highest BCUT2D eigenvalue weighted by atomic mass is 32.2. The largest absolute Gasteiger partial charge is 0.493 e. The Balaban J connectivity index is 1.73. The van der Waals surface area contributed by atoms with E-state index in [0.29, 0.717) is 27.9 Å². The summed E-state index contributed by atoms with van der Waals surface area (Å²) in [4.78, 5) is 24.9. The van der Waals surface area contributed by atoms with Crippen LogP contribution in [-0.2, 0) is 4.79 Å². The van der Waals surface area contributed by atoms with Gasteiger partial charge in [-0.25, -0.2) is 0 Å². The molecule has 0 aliphatic carbocycles. The fourth-order valence-electron chi connectivity index (χ4n) is 2.72. The molecule has 0 unspecified atom stereocenters. The topological polar surface area (TPSA) is 82.5 Å². The van der Waals surface area contributed by atoms with Crippen molar-refractivity contribution in [2.45, 2.75) is 24.1 Å². The van der Waals surface area contributed by atoms with Crippen LogP contribution in [-0.4, -0.2) is 35.2 Å². The van der Waals surface area contributed by atoms with Crippen LogP contribution in [0.25, 0.3) is 5.69 Å². The van der Waals surface area contributed by atoms with E-state index in [1.165, 1.54) is 29.6 Å². The second-order valence-corrected chi connectivity index (χ2v) is 7.94. The summed E-state index contributed by atoms with van der Waals surface area (Å²) >= 11 is 1.27. The van der Waals surface area contributed by atoms with Crippen molar-refractivity contribution in [3.05, 3.63) is 70.5 Å². The van der Waals surface area contributed by atoms with E-state index in [-0.39, 0.29) is 11.5 Å². The van der Waals surface area contributed by atoms with Gasteiger partial charge in [-0.05, 0) is 44.2 Å². The molecule has 1 N–H and O–H groups in total. The number of carbonyl (C=O) groups excluding carboxylic acids is 1. The number of hydrogen-bond acceptors (Lipinski definition) is 6. The maximum atomic E-state index is 12.6. The number of aromatic nitrogens is 2. The van der Waals surface area contributed by atoms with E-state index in [1.54, 1.807) is 38.3 Å². The summed E-state index contributed by atoms with van der Waals surface area (Å²) in [5.74, 6) is 0.921. The Morgan fingerprint density at radius 2 is 1.73 bits per heavy atom. The van der Waals surface area contributed by atoms with E-state index in [4.69, 9.17) is 9.47 Å². The summed E-state index contributed by atoms with van der Waals surface area (Å²) in [6.07, 6.45) is 0. The van der Waals surface area contributed by atoms with Crippen LogP contribution in [0.5, 0.6) is 11.5 Å². The molecular formula is C22H23N3O4S. The lowest BCUT2D eigenvalue weighted by atomic mass is 10.2. The summed E-state index contributed by atoms with van der Waals surface area (Å²) in [6.45, 7) is 3.76. The van der Waals surface area contributed by atoms with Gasteiger partial charge in [-0.15, -0.1) is 0 Å². The number of anilines is 1. The van der Waals surface area contributed by atoms with Gasteiger partial charge in [0.25, 0.3) is 5.56 Å². The van der Waals surface area contributed by atoms with Crippen molar-refractivity contribution < 1.29 is 14.3 Å². The molecule has 0 radical (unpaired) electrons. The third-order valence-electron chi connectivity index (χ3n) is 4.37. The third-order valence-corrected chi connectivity index (χ3v) is 5.40. The molecule has 1 atom stereocenters. The molecule has 156 valence electrons. The number of hydrogen-bond donors (Lipinski definition) is 1. The molecule has 3 rings (SSSR count). The molecule has 3 aromatic rings. The zero-order valence-corrected chi connectivity index (χ0v) is 18.0. The molecule has 0 bridgehead atoms. The van der Waals surface area contributed by atoms with Gasteiger partial charge < -0.3 is 14.8 Å². The van der Waals surface area contributed by atoms with Gasteiger partial charge in [-0.2, -0.15) is 9.78 Å². The van der Waals surface area contributed by atoms with Crippen LogP contribution in [0.2, 0.25) is 0 Å². The molecular weight excluding hydrogens is 402 g/mol. The first-order chi connectivity index (χ1) is 14.4. The summed E-state index contributed by atoms with van der Waals surface area (Å²) in [6, 6.07) is 15.8. The molecule has 2 aromatic carbocycles. The summed E-state index contributed by atoms with van der Waals surface area (Å²) < 4.78 is 11.8. The first-order valence-electron chi connectivity index (χ1n) is 9.28. The van der Waals surface area contributed by atoms with Crippen molar-refractivity contribution in [2.75, 3.05) is 19.5 Å². The first-order valence-corrected chi connectivity index (χ1v) is 10.2. The Morgan fingerprint density at radius 3 is 2.40 bits per heavy atom. The van der Waals surface area contributed by atoms with E-state index in [1.807, 2.05) is 31.2 Å². The normalized spacial score (nSPS) is 11.6. The predicted octanol–water partition coefficient (Wildman–Crippen LogP) is 3.68. The Kier molecular flexibility index (Phi) is 6.79. The lowest BCUT2D eigenvalue weighted by Crippen LogP contribution is -2.24. The van der Waals surface area contributed by atoms with Crippen molar-refractivity contribution in [1.29, 1.82) is 0 Å². The highest BCUT2D eigenvalue weighted by Crippen LogP contribution is 2.30. The minimum absolute atomic E-state index is 0.192. The van der Waals surface area contributed by atoms with Crippen LogP contribution in [0.1, 0.15) is 12.5 Å². The van der Waals surface area contributed by atoms with Gasteiger partial charge in [-0.3, -0.25) is 9.59 Å². The smallest absolute Gasteiger partial charge is 0.271 e. The molecule has 1 heterocycles. The van der Waals surface area contributed by atoms with Gasteiger partial charge in [-0.1, -0.05) is 29.5 Å². The zero-order valence-electron chi connectivity index (χ0n) is 17.2. The molecule has 0 saturated heterocycles. The Morgan fingerprint density at radius 1 is 1.03 bits per heavy atom. The van der Waals surface area contributed by atoms with Crippen molar-refractivity contribution in [1.82, 2.24) is 9.78 Å². The molecule has 30 heavy (non-hydrogen) atoms. The van der Waals surface area contributed by atoms with Crippen LogP contribution in [0.15, 0.2) is 64.4 Å². The number of rotatable bonds is 7. The monoisotopic (exact) mass is 425 g/mol. The molecule has 8 heteroatoms. The minimum atomic E-state index is -0.436. The van der Waals surface area contributed by atoms with Gasteiger partial charge in [0.2, 0.25) is 5.91 Å². The van der Waals surface area contributed by atoms with Crippen LogP contribution < -0.4 is 20.3 Å². The number of benzene rings is 2. The molecule has 0 saturated carbocycles. The number of methoxy groups -OCH3 is 2. The number of carbonyl (C=O) groups is 1. The van der Waals surface area contributed by atoms with E-state index < -0.39 is 5.25 Å². The molecule has 0 fully saturated rings. The van der Waals surface area contributed by atoms with Gasteiger partial charge in [0, 0.05) is 17.8 Å². The third kappa shape index (κ3) is 5.01. The summed E-state index contributed by atoms with van der Waals surface area (Å²) in [7, 11) is 3.09. The van der Waals surface area contributed by atoms with Gasteiger partial charge >= 0.3 is 0 Å². The second-order valence-electron chi connectivity index (χ2n) is 6.58. The number of amides is 1. The predicted molar refractivity (Wildman–Crippen MR) is 118 cm³/mol. The Bertz CT molecular complexity index is 1100. The fourth-order valence-corrected chi connectivity index (χ4v) is 3.52. The van der Waals surface area contributed by atoms with E-state index in [0.717, 1.165) is 5.56 Å². The van der Waals surface area contributed by atoms with Gasteiger partial charge in [0.15, 0.2) is 11.5 Å². The summed E-state index contributed by atoms with van der Waals surface area (Å²) in [5, 5.41) is 7.40. The van der Waals surface area contributed by atoms with Crippen LogP contribution in [0.4, 0.5) is 5.69 Å². The number of nitrogens with one attached hydrogen (secondary N) is 1. The van der Waals surface area contributed by atoms with Gasteiger partial charge in [0.1, 0.15) is 5.03 Å². The zero-order chi connectivity index (χ0) is 21.7. The summed E-state index contributed by atoms with van der Waals surface area (Å²) in [5.41, 5.74) is 2.14. The quantitative estimate of drug-likeness (QED) is 0.582. The molecule has 0 aliphatic rings. The van der Waals surface area contributed by atoms with Crippen LogP contribution >= 0.6 is 11.8 Å². The average Bonchev–Trinajstić information content (AvgIpc) is 2.75. The highest BCUT2D eigenvalue weighted by molar-refractivity contribution is 8.00. The van der Waals surface area contributed by atoms with E-state index in [2.05, 4.69) is 10.4 Å². The number of ether oxygens (including phenoxy) is 2. The van der Waals surface area contributed by atoms with Crippen LogP contribution in [0.3, 0.4) is 0 Å². The number of nitrogens with zero attached hydrogens (tertiary/aromatic N) is 2. The van der Waals surface area contributed by atoms with Crippen molar-refractivity contribution in [2.24, 2.45) is 0 Å². The Labute approximate surface area is 179 Å². The molecule has 1 aromatic heterocycles. The number of thioether (sulfide) groups is 1. The fraction of sp³-hybridized carbons (Fsp3) is 0.227. The number of aryl methyl sites for hydroxylation is 1. The highest BCUT2D eigenvalue weighted by Gasteiger charge is 2.17. The maximum Gasteiger partial charge on any atom is 0.271 e. The van der Waals surface area contributed by atoms with Crippen molar-refractivity contribution >= 4 is 23.4 Å². The lowest BCUT2D eigenvalue weighted by Gasteiger charge is -2.14. The molecule has 0 aliphatic heterocycles. The molecule has 1 amide bonds. The van der Waals surface area contributed by atoms with E-state index >= 15 is 0 Å². The average molecular weight is 426 g/mol. The maximum absolute atomic E-state index is 12.6. The van der Waals surface area contributed by atoms with Crippen molar-refractivity contribution in [3.63, 3.8) is 0 Å². The SMILES string of the molecule is COc1ccc(NC(=O)[C@H](C)Sc2ccc(=O)n(-c3ccc(C)cc3)n2)cc1OC. The van der Waals surface area contributed by atoms with Crippen molar-refractivity contribution in [3.8, 4) is 17.2 Å². The minimum Gasteiger partial charge on any atom is -0.493 e.